The minimum Gasteiger partial charge on any atom is -0.394 e. The summed E-state index contributed by atoms with van der Waals surface area (Å²) in [5.74, 6) is 0. The lowest BCUT2D eigenvalue weighted by Gasteiger charge is -2.31. The van der Waals surface area contributed by atoms with Crippen molar-refractivity contribution in [2.75, 3.05) is 19.8 Å². The molecule has 1 rings (SSSR count). The van der Waals surface area contributed by atoms with Crippen LogP contribution in [0, 0.1) is 0 Å². The van der Waals surface area contributed by atoms with Crippen molar-refractivity contribution >= 4 is 0 Å². The molecule has 4 nitrogen and oxygen atoms in total. The van der Waals surface area contributed by atoms with Gasteiger partial charge in [-0.3, -0.25) is 0 Å². The highest BCUT2D eigenvalue weighted by atomic mass is 16.3. The van der Waals surface area contributed by atoms with E-state index < -0.39 is 11.1 Å². The van der Waals surface area contributed by atoms with Crippen molar-refractivity contribution in [3.8, 4) is 0 Å². The summed E-state index contributed by atoms with van der Waals surface area (Å²) in [6.07, 6.45) is 3.75. The molecule has 0 aliphatic heterocycles. The third-order valence-corrected chi connectivity index (χ3v) is 3.08. The number of aliphatic hydroxyl groups excluding tert-OH is 2. The number of aliphatic hydroxyl groups is 3. The van der Waals surface area contributed by atoms with E-state index in [0.717, 1.165) is 25.7 Å². The maximum Gasteiger partial charge on any atom is 0.0771 e. The van der Waals surface area contributed by atoms with Crippen LogP contribution in [0.25, 0.3) is 0 Å². The van der Waals surface area contributed by atoms with E-state index in [9.17, 15) is 5.11 Å². The molecular formula is C10H21NO3. The number of nitrogens with one attached hydrogen (secondary N) is 1. The van der Waals surface area contributed by atoms with Gasteiger partial charge < -0.3 is 20.6 Å². The summed E-state index contributed by atoms with van der Waals surface area (Å²) in [7, 11) is 0. The fourth-order valence-electron chi connectivity index (χ4n) is 1.75. The van der Waals surface area contributed by atoms with Crippen molar-refractivity contribution in [2.24, 2.45) is 0 Å². The molecule has 0 spiro atoms. The van der Waals surface area contributed by atoms with E-state index in [2.05, 4.69) is 5.32 Å². The molecule has 0 bridgehead atoms. The fourth-order valence-corrected chi connectivity index (χ4v) is 1.75. The second kappa shape index (κ2) is 4.57. The van der Waals surface area contributed by atoms with Crippen LogP contribution < -0.4 is 5.32 Å². The topological polar surface area (TPSA) is 72.7 Å². The van der Waals surface area contributed by atoms with E-state index >= 15 is 0 Å². The first kappa shape index (κ1) is 11.9. The third-order valence-electron chi connectivity index (χ3n) is 3.08. The molecule has 0 saturated heterocycles. The molecule has 1 fully saturated rings. The summed E-state index contributed by atoms with van der Waals surface area (Å²) in [6, 6.07) is 0. The molecule has 0 aromatic heterocycles. The van der Waals surface area contributed by atoms with E-state index in [1.54, 1.807) is 6.92 Å². The Morgan fingerprint density at radius 1 is 1.21 bits per heavy atom. The van der Waals surface area contributed by atoms with Gasteiger partial charge in [0.15, 0.2) is 0 Å². The highest BCUT2D eigenvalue weighted by Gasteiger charge is 2.33. The van der Waals surface area contributed by atoms with Crippen LogP contribution in [-0.2, 0) is 0 Å². The monoisotopic (exact) mass is 203 g/mol. The molecule has 0 radical (unpaired) electrons. The van der Waals surface area contributed by atoms with E-state index in [1.807, 2.05) is 0 Å². The molecule has 0 heterocycles. The molecule has 0 unspecified atom stereocenters. The minimum atomic E-state index is -0.682. The first-order chi connectivity index (χ1) is 6.54. The molecule has 4 heteroatoms. The Labute approximate surface area is 85.0 Å². The van der Waals surface area contributed by atoms with E-state index in [1.165, 1.54) is 0 Å². The Hall–Kier alpha value is -0.160. The predicted octanol–water partition coefficient (Wildman–Crippen LogP) is -0.376. The summed E-state index contributed by atoms with van der Waals surface area (Å²) >= 11 is 0. The van der Waals surface area contributed by atoms with Gasteiger partial charge in [-0.1, -0.05) is 12.8 Å². The molecule has 1 aliphatic carbocycles. The lowest BCUT2D eigenvalue weighted by atomic mass is 9.99. The summed E-state index contributed by atoms with van der Waals surface area (Å²) in [4.78, 5) is 0. The van der Waals surface area contributed by atoms with Crippen molar-refractivity contribution in [3.63, 3.8) is 0 Å². The maximum atomic E-state index is 10.0. The minimum absolute atomic E-state index is 0.125. The van der Waals surface area contributed by atoms with Gasteiger partial charge in [0.05, 0.1) is 24.4 Å². The second-order valence-electron chi connectivity index (χ2n) is 4.66. The standard InChI is InChI=1S/C10H21NO3/c1-9(7-12,8-13)11-6-10(14)4-2-3-5-10/h11-14H,2-8H2,1H3. The van der Waals surface area contributed by atoms with E-state index in [0.29, 0.717) is 6.54 Å². The Bertz CT molecular complexity index is 170. The highest BCUT2D eigenvalue weighted by Crippen LogP contribution is 2.29. The smallest absolute Gasteiger partial charge is 0.0771 e. The SMILES string of the molecule is CC(CO)(CO)NCC1(O)CCCC1. The Morgan fingerprint density at radius 3 is 2.14 bits per heavy atom. The predicted molar refractivity (Wildman–Crippen MR) is 54.0 cm³/mol. The summed E-state index contributed by atoms with van der Waals surface area (Å²) in [5.41, 5.74) is -1.32. The normalized spacial score (nSPS) is 21.4. The average molecular weight is 203 g/mol. The molecule has 14 heavy (non-hydrogen) atoms. The van der Waals surface area contributed by atoms with Crippen molar-refractivity contribution < 1.29 is 15.3 Å². The van der Waals surface area contributed by atoms with Crippen LogP contribution in [-0.4, -0.2) is 46.2 Å². The van der Waals surface area contributed by atoms with Gasteiger partial charge in [-0.2, -0.15) is 0 Å². The quantitative estimate of drug-likeness (QED) is 0.492. The van der Waals surface area contributed by atoms with Gasteiger partial charge in [0.1, 0.15) is 0 Å². The molecular weight excluding hydrogens is 182 g/mol. The Balaban J connectivity index is 2.38. The second-order valence-corrected chi connectivity index (χ2v) is 4.66. The van der Waals surface area contributed by atoms with Gasteiger partial charge in [0.2, 0.25) is 0 Å². The summed E-state index contributed by atoms with van der Waals surface area (Å²) in [6.45, 7) is 1.94. The van der Waals surface area contributed by atoms with Gasteiger partial charge in [-0.15, -0.1) is 0 Å². The molecule has 1 aliphatic rings. The number of hydrogen-bond acceptors (Lipinski definition) is 4. The van der Waals surface area contributed by atoms with Crippen LogP contribution in [0.3, 0.4) is 0 Å². The largest absolute Gasteiger partial charge is 0.394 e. The Morgan fingerprint density at radius 2 is 1.71 bits per heavy atom. The molecule has 0 amide bonds. The lowest BCUT2D eigenvalue weighted by molar-refractivity contribution is 0.0240. The number of β-amino-alcohol motifs (C(OH)–C–C–N with tert-alkyl or cyclic N) is 1. The van der Waals surface area contributed by atoms with Crippen LogP contribution >= 0.6 is 0 Å². The van der Waals surface area contributed by atoms with Gasteiger partial charge in [0.25, 0.3) is 0 Å². The molecule has 0 aromatic rings. The van der Waals surface area contributed by atoms with Crippen LogP contribution in [0.1, 0.15) is 32.6 Å². The van der Waals surface area contributed by atoms with Crippen LogP contribution in [0.15, 0.2) is 0 Å². The van der Waals surface area contributed by atoms with Crippen molar-refractivity contribution in [1.29, 1.82) is 0 Å². The first-order valence-electron chi connectivity index (χ1n) is 5.23. The van der Waals surface area contributed by atoms with E-state index in [4.69, 9.17) is 10.2 Å². The molecule has 0 atom stereocenters. The van der Waals surface area contributed by atoms with Gasteiger partial charge in [-0.05, 0) is 19.8 Å². The van der Waals surface area contributed by atoms with Crippen LogP contribution in [0.5, 0.6) is 0 Å². The van der Waals surface area contributed by atoms with Crippen molar-refractivity contribution in [2.45, 2.75) is 43.7 Å². The summed E-state index contributed by atoms with van der Waals surface area (Å²) in [5, 5.41) is 31.1. The maximum absolute atomic E-state index is 10.0. The van der Waals surface area contributed by atoms with Gasteiger partial charge in [-0.25, -0.2) is 0 Å². The molecule has 0 aromatic carbocycles. The lowest BCUT2D eigenvalue weighted by Crippen LogP contribution is -2.54. The van der Waals surface area contributed by atoms with Crippen molar-refractivity contribution in [3.05, 3.63) is 0 Å². The zero-order chi connectivity index (χ0) is 10.7. The number of rotatable bonds is 5. The highest BCUT2D eigenvalue weighted by molar-refractivity contribution is 4.91. The molecule has 1 saturated carbocycles. The van der Waals surface area contributed by atoms with Gasteiger partial charge in [0, 0.05) is 6.54 Å². The zero-order valence-electron chi connectivity index (χ0n) is 8.79. The van der Waals surface area contributed by atoms with Crippen LogP contribution in [0.2, 0.25) is 0 Å². The Kier molecular flexibility index (Phi) is 3.89. The van der Waals surface area contributed by atoms with Crippen LogP contribution in [0.4, 0.5) is 0 Å². The third kappa shape index (κ3) is 2.92. The molecule has 84 valence electrons. The molecule has 4 N–H and O–H groups in total. The summed E-state index contributed by atoms with van der Waals surface area (Å²) < 4.78 is 0. The number of hydrogen-bond donors (Lipinski definition) is 4. The average Bonchev–Trinajstić information content (AvgIpc) is 2.63. The van der Waals surface area contributed by atoms with Gasteiger partial charge >= 0.3 is 0 Å². The fraction of sp³-hybridized carbons (Fsp3) is 1.00. The van der Waals surface area contributed by atoms with Crippen molar-refractivity contribution in [1.82, 2.24) is 5.32 Å². The first-order valence-corrected chi connectivity index (χ1v) is 5.23. The zero-order valence-corrected chi connectivity index (χ0v) is 8.79. The van der Waals surface area contributed by atoms with E-state index in [-0.39, 0.29) is 13.2 Å².